The fourth-order valence-corrected chi connectivity index (χ4v) is 1.75. The second-order valence-electron chi connectivity index (χ2n) is 3.79. The molecule has 8 heteroatoms. The lowest BCUT2D eigenvalue weighted by atomic mass is 10.1. The van der Waals surface area contributed by atoms with Gasteiger partial charge in [-0.2, -0.15) is 4.98 Å². The van der Waals surface area contributed by atoms with E-state index in [9.17, 15) is 13.2 Å². The number of benzene rings is 1. The van der Waals surface area contributed by atoms with Crippen molar-refractivity contribution in [2.45, 2.75) is 0 Å². The Labute approximate surface area is 104 Å². The lowest BCUT2D eigenvalue weighted by molar-refractivity contribution is 0.447. The highest BCUT2D eigenvalue weighted by Crippen LogP contribution is 2.27. The van der Waals surface area contributed by atoms with Crippen LogP contribution in [0.15, 0.2) is 18.5 Å². The number of H-pyrrole nitrogens is 1. The maximum Gasteiger partial charge on any atom is 0.222 e. The number of hydrogen-bond donors (Lipinski definition) is 2. The number of rotatable bonds is 1. The summed E-state index contributed by atoms with van der Waals surface area (Å²) in [5.74, 6) is -4.24. The van der Waals surface area contributed by atoms with Gasteiger partial charge in [0.1, 0.15) is 11.2 Å². The van der Waals surface area contributed by atoms with E-state index in [1.807, 2.05) is 0 Å². The Bertz CT molecular complexity index is 760. The molecular weight excluding hydrogens is 259 g/mol. The van der Waals surface area contributed by atoms with Crippen LogP contribution in [-0.2, 0) is 0 Å². The van der Waals surface area contributed by atoms with Crippen LogP contribution >= 0.6 is 0 Å². The summed E-state index contributed by atoms with van der Waals surface area (Å²) >= 11 is 0. The molecule has 2 aromatic heterocycles. The predicted octanol–water partition coefficient (Wildman–Crippen LogP) is 2.02. The predicted molar refractivity (Wildman–Crippen MR) is 61.4 cm³/mol. The van der Waals surface area contributed by atoms with Crippen LogP contribution in [0.4, 0.5) is 19.1 Å². The third-order valence-corrected chi connectivity index (χ3v) is 2.56. The summed E-state index contributed by atoms with van der Waals surface area (Å²) in [6.07, 6.45) is 1.35. The Morgan fingerprint density at radius 2 is 1.74 bits per heavy atom. The average molecular weight is 265 g/mol. The molecule has 1 aromatic carbocycles. The molecule has 0 atom stereocenters. The molecule has 0 radical (unpaired) electrons. The van der Waals surface area contributed by atoms with Gasteiger partial charge in [-0.1, -0.05) is 0 Å². The summed E-state index contributed by atoms with van der Waals surface area (Å²) in [5, 5.41) is 0. The summed E-state index contributed by atoms with van der Waals surface area (Å²) in [5.41, 5.74) is 6.30. The molecule has 0 amide bonds. The van der Waals surface area contributed by atoms with E-state index in [0.29, 0.717) is 5.52 Å². The summed E-state index contributed by atoms with van der Waals surface area (Å²) in [7, 11) is 0. The average Bonchev–Trinajstić information content (AvgIpc) is 2.82. The van der Waals surface area contributed by atoms with Crippen molar-refractivity contribution in [1.29, 1.82) is 0 Å². The quantitative estimate of drug-likeness (QED) is 0.659. The number of aromatic amines is 1. The van der Waals surface area contributed by atoms with Crippen LogP contribution in [-0.4, -0.2) is 19.9 Å². The first-order chi connectivity index (χ1) is 9.06. The third-order valence-electron chi connectivity index (χ3n) is 2.56. The van der Waals surface area contributed by atoms with Crippen LogP contribution in [0.1, 0.15) is 0 Å². The number of aromatic nitrogens is 4. The van der Waals surface area contributed by atoms with Gasteiger partial charge in [-0.3, -0.25) is 0 Å². The minimum Gasteiger partial charge on any atom is -0.368 e. The van der Waals surface area contributed by atoms with Crippen LogP contribution in [0.25, 0.3) is 22.4 Å². The van der Waals surface area contributed by atoms with Gasteiger partial charge in [-0.25, -0.2) is 23.1 Å². The zero-order valence-electron chi connectivity index (χ0n) is 9.28. The first-order valence-electron chi connectivity index (χ1n) is 5.18. The lowest BCUT2D eigenvalue weighted by Crippen LogP contribution is -1.99. The fourth-order valence-electron chi connectivity index (χ4n) is 1.75. The van der Waals surface area contributed by atoms with Crippen molar-refractivity contribution < 1.29 is 13.2 Å². The highest BCUT2D eigenvalue weighted by Gasteiger charge is 2.16. The maximum atomic E-state index is 13.2. The first-order valence-corrected chi connectivity index (χ1v) is 5.18. The van der Waals surface area contributed by atoms with E-state index in [2.05, 4.69) is 19.9 Å². The number of hydrogen-bond acceptors (Lipinski definition) is 4. The van der Waals surface area contributed by atoms with E-state index in [4.69, 9.17) is 5.73 Å². The molecule has 0 fully saturated rings. The number of nitrogens with one attached hydrogen (secondary N) is 1. The molecule has 0 aliphatic rings. The second-order valence-corrected chi connectivity index (χ2v) is 3.79. The van der Waals surface area contributed by atoms with Gasteiger partial charge in [-0.05, 0) is 12.1 Å². The number of fused-ring (bicyclic) bond motifs is 1. The van der Waals surface area contributed by atoms with Gasteiger partial charge in [0.25, 0.3) is 0 Å². The lowest BCUT2D eigenvalue weighted by Gasteiger charge is -2.04. The molecule has 3 rings (SSSR count). The van der Waals surface area contributed by atoms with E-state index >= 15 is 0 Å². The number of nitrogen functional groups attached to an aromatic ring is 1. The number of nitrogens with zero attached hydrogens (tertiary/aromatic N) is 3. The Morgan fingerprint density at radius 1 is 1.05 bits per heavy atom. The van der Waals surface area contributed by atoms with Gasteiger partial charge in [0.2, 0.25) is 5.95 Å². The topological polar surface area (TPSA) is 80.5 Å². The molecule has 5 nitrogen and oxygen atoms in total. The Morgan fingerprint density at radius 3 is 2.42 bits per heavy atom. The van der Waals surface area contributed by atoms with Crippen LogP contribution in [0, 0.1) is 17.5 Å². The minimum absolute atomic E-state index is 0.0414. The molecule has 0 spiro atoms. The van der Waals surface area contributed by atoms with Crippen molar-refractivity contribution in [3.8, 4) is 11.3 Å². The smallest absolute Gasteiger partial charge is 0.222 e. The highest BCUT2D eigenvalue weighted by molar-refractivity contribution is 5.87. The fraction of sp³-hybridized carbons (Fsp3) is 0. The van der Waals surface area contributed by atoms with E-state index in [0.717, 1.165) is 12.1 Å². The Hall–Kier alpha value is -2.64. The molecule has 0 saturated carbocycles. The Balaban J connectivity index is 2.32. The maximum absolute atomic E-state index is 13.2. The molecule has 0 saturated heterocycles. The second kappa shape index (κ2) is 3.94. The van der Waals surface area contributed by atoms with Crippen LogP contribution < -0.4 is 5.73 Å². The number of anilines is 1. The number of halogens is 3. The van der Waals surface area contributed by atoms with E-state index < -0.39 is 17.5 Å². The normalized spacial score (nSPS) is 11.1. The zero-order valence-corrected chi connectivity index (χ0v) is 9.28. The van der Waals surface area contributed by atoms with Crippen molar-refractivity contribution in [1.82, 2.24) is 19.9 Å². The van der Waals surface area contributed by atoms with Gasteiger partial charge in [-0.15, -0.1) is 0 Å². The van der Waals surface area contributed by atoms with Gasteiger partial charge in [0.15, 0.2) is 23.1 Å². The number of imidazole rings is 1. The van der Waals surface area contributed by atoms with Crippen LogP contribution in [0.5, 0.6) is 0 Å². The molecule has 2 heterocycles. The van der Waals surface area contributed by atoms with E-state index in [1.165, 1.54) is 6.33 Å². The molecular formula is C11H6F3N5. The third kappa shape index (κ3) is 1.77. The summed E-state index contributed by atoms with van der Waals surface area (Å²) in [6, 6.07) is 1.67. The molecule has 0 unspecified atom stereocenters. The number of nitrogens with two attached hydrogens (primary N) is 1. The molecule has 0 aliphatic carbocycles. The zero-order chi connectivity index (χ0) is 13.6. The van der Waals surface area contributed by atoms with Gasteiger partial charge >= 0.3 is 0 Å². The largest absolute Gasteiger partial charge is 0.368 e. The highest BCUT2D eigenvalue weighted by atomic mass is 19.2. The molecule has 3 N–H and O–H groups in total. The standard InChI is InChI=1S/C11H6F3N5/c12-5-1-4(2-6(13)7(5)14)8-9-10(17-3-16-9)19-11(15)18-8/h1-3H,(H3,15,16,17,18,19). The van der Waals surface area contributed by atoms with E-state index in [1.54, 1.807) is 0 Å². The van der Waals surface area contributed by atoms with Gasteiger partial charge < -0.3 is 10.7 Å². The first kappa shape index (κ1) is 11.5. The van der Waals surface area contributed by atoms with Gasteiger partial charge in [0, 0.05) is 5.56 Å². The van der Waals surface area contributed by atoms with Crippen LogP contribution in [0.3, 0.4) is 0 Å². The van der Waals surface area contributed by atoms with Crippen molar-refractivity contribution in [3.63, 3.8) is 0 Å². The monoisotopic (exact) mass is 265 g/mol. The van der Waals surface area contributed by atoms with E-state index in [-0.39, 0.29) is 22.9 Å². The summed E-state index contributed by atoms with van der Waals surface area (Å²) in [4.78, 5) is 14.4. The molecule has 0 bridgehead atoms. The van der Waals surface area contributed by atoms with Crippen LogP contribution in [0.2, 0.25) is 0 Å². The molecule has 19 heavy (non-hydrogen) atoms. The summed E-state index contributed by atoms with van der Waals surface area (Å²) < 4.78 is 39.4. The molecule has 0 aliphatic heterocycles. The molecule has 3 aromatic rings. The Kier molecular flexibility index (Phi) is 2.37. The molecule has 96 valence electrons. The van der Waals surface area contributed by atoms with Crippen molar-refractivity contribution in [3.05, 3.63) is 35.9 Å². The van der Waals surface area contributed by atoms with Crippen molar-refractivity contribution in [2.75, 3.05) is 5.73 Å². The minimum atomic E-state index is -1.54. The summed E-state index contributed by atoms with van der Waals surface area (Å²) in [6.45, 7) is 0. The van der Waals surface area contributed by atoms with Crippen molar-refractivity contribution >= 4 is 17.1 Å². The van der Waals surface area contributed by atoms with Crippen molar-refractivity contribution in [2.24, 2.45) is 0 Å². The van der Waals surface area contributed by atoms with Gasteiger partial charge in [0.05, 0.1) is 6.33 Å². The SMILES string of the molecule is Nc1nc(-c2cc(F)c(F)c(F)c2)c2[nH]cnc2n1.